The van der Waals surface area contributed by atoms with Gasteiger partial charge in [0.25, 0.3) is 0 Å². The maximum atomic E-state index is 11.8. The number of rotatable bonds is 3. The number of carbonyl (C=O) groups excluding carboxylic acids is 1. The van der Waals surface area contributed by atoms with Crippen molar-refractivity contribution in [1.82, 2.24) is 4.90 Å². The Hall–Kier alpha value is -0.260. The molecule has 2 atom stereocenters. The number of hydrogen-bond donors (Lipinski definition) is 1. The van der Waals surface area contributed by atoms with Gasteiger partial charge in [0.15, 0.2) is 0 Å². The quantitative estimate of drug-likeness (QED) is 0.726. The first-order chi connectivity index (χ1) is 7.06. The standard InChI is InChI=1S/C10H20N2O2S/c1-3-8(2)10(13)12-6-4-9(5-7-12)15(11)14/h8-9H,3-7,11H2,1-2H3. The number of likely N-dealkylation sites (tertiary alicyclic amines) is 1. The van der Waals surface area contributed by atoms with E-state index in [1.807, 2.05) is 18.7 Å². The lowest BCUT2D eigenvalue weighted by molar-refractivity contribution is -0.135. The normalized spacial score (nSPS) is 22.5. The molecule has 2 unspecified atom stereocenters. The lowest BCUT2D eigenvalue weighted by Gasteiger charge is -2.32. The molecule has 1 rings (SSSR count). The van der Waals surface area contributed by atoms with Crippen LogP contribution in [0.2, 0.25) is 0 Å². The highest BCUT2D eigenvalue weighted by Crippen LogP contribution is 2.18. The summed E-state index contributed by atoms with van der Waals surface area (Å²) in [6, 6.07) is 0. The lowest BCUT2D eigenvalue weighted by Crippen LogP contribution is -2.45. The summed E-state index contributed by atoms with van der Waals surface area (Å²) >= 11 is -1.23. The van der Waals surface area contributed by atoms with Gasteiger partial charge in [-0.1, -0.05) is 13.8 Å². The molecule has 1 fully saturated rings. The van der Waals surface area contributed by atoms with Crippen LogP contribution in [0.4, 0.5) is 0 Å². The first-order valence-corrected chi connectivity index (χ1v) is 6.77. The van der Waals surface area contributed by atoms with E-state index in [4.69, 9.17) is 5.14 Å². The van der Waals surface area contributed by atoms with Crippen LogP contribution in [0.1, 0.15) is 33.1 Å². The van der Waals surface area contributed by atoms with Crippen molar-refractivity contribution in [3.05, 3.63) is 0 Å². The second-order valence-electron chi connectivity index (χ2n) is 4.16. The van der Waals surface area contributed by atoms with Gasteiger partial charge < -0.3 is 9.45 Å². The van der Waals surface area contributed by atoms with Crippen LogP contribution in [0.3, 0.4) is 0 Å². The Labute approximate surface area is 94.5 Å². The molecule has 1 heterocycles. The molecule has 15 heavy (non-hydrogen) atoms. The molecule has 0 radical (unpaired) electrons. The summed E-state index contributed by atoms with van der Waals surface area (Å²) in [6.45, 7) is 5.38. The maximum absolute atomic E-state index is 11.8. The zero-order valence-electron chi connectivity index (χ0n) is 9.44. The molecule has 0 saturated carbocycles. The van der Waals surface area contributed by atoms with Crippen molar-refractivity contribution in [1.29, 1.82) is 0 Å². The summed E-state index contributed by atoms with van der Waals surface area (Å²) in [5.74, 6) is 0.323. The first-order valence-electron chi connectivity index (χ1n) is 5.50. The van der Waals surface area contributed by atoms with E-state index in [0.717, 1.165) is 19.3 Å². The summed E-state index contributed by atoms with van der Waals surface area (Å²) in [7, 11) is 0. The van der Waals surface area contributed by atoms with Gasteiger partial charge in [0.1, 0.15) is 5.25 Å². The molecule has 0 spiro atoms. The van der Waals surface area contributed by atoms with Gasteiger partial charge in [-0.15, -0.1) is 0 Å². The van der Waals surface area contributed by atoms with Crippen LogP contribution in [-0.2, 0) is 16.2 Å². The van der Waals surface area contributed by atoms with E-state index in [1.165, 1.54) is 0 Å². The minimum atomic E-state index is -1.23. The van der Waals surface area contributed by atoms with Crippen molar-refractivity contribution in [3.63, 3.8) is 0 Å². The zero-order valence-corrected chi connectivity index (χ0v) is 10.3. The number of carbonyl (C=O) groups is 1. The Kier molecular flexibility index (Phi) is 4.89. The monoisotopic (exact) mass is 232 g/mol. The molecule has 0 bridgehead atoms. The van der Waals surface area contributed by atoms with E-state index in [0.29, 0.717) is 13.1 Å². The van der Waals surface area contributed by atoms with Gasteiger partial charge in [-0.3, -0.25) is 4.79 Å². The number of amides is 1. The molecular weight excluding hydrogens is 212 g/mol. The van der Waals surface area contributed by atoms with Crippen molar-refractivity contribution >= 4 is 17.3 Å². The van der Waals surface area contributed by atoms with E-state index >= 15 is 0 Å². The molecule has 1 saturated heterocycles. The molecule has 1 amide bonds. The Morgan fingerprint density at radius 3 is 2.53 bits per heavy atom. The van der Waals surface area contributed by atoms with Crippen LogP contribution >= 0.6 is 0 Å². The average Bonchev–Trinajstić information content (AvgIpc) is 2.27. The fraction of sp³-hybridized carbons (Fsp3) is 0.900. The van der Waals surface area contributed by atoms with E-state index in [1.54, 1.807) is 0 Å². The third kappa shape index (κ3) is 3.36. The number of nitrogens with two attached hydrogens (primary N) is 1. The number of piperidine rings is 1. The third-order valence-electron chi connectivity index (χ3n) is 3.12. The SMILES string of the molecule is CCC(C)C(=O)N1CCC([S+](N)[O-])CC1. The Morgan fingerprint density at radius 1 is 1.60 bits per heavy atom. The molecule has 0 aromatic rings. The van der Waals surface area contributed by atoms with Gasteiger partial charge in [-0.2, -0.15) is 5.14 Å². The fourth-order valence-corrected chi connectivity index (χ4v) is 2.47. The van der Waals surface area contributed by atoms with Crippen LogP contribution in [-0.4, -0.2) is 33.7 Å². The van der Waals surface area contributed by atoms with E-state index in [-0.39, 0.29) is 17.1 Å². The Bertz CT molecular complexity index is 215. The van der Waals surface area contributed by atoms with Gasteiger partial charge in [0, 0.05) is 43.2 Å². The highest BCUT2D eigenvalue weighted by atomic mass is 32.2. The van der Waals surface area contributed by atoms with Gasteiger partial charge in [0.05, 0.1) is 0 Å². The number of nitrogens with zero attached hydrogens (tertiary/aromatic N) is 1. The Balaban J connectivity index is 2.40. The van der Waals surface area contributed by atoms with Crippen LogP contribution < -0.4 is 5.14 Å². The van der Waals surface area contributed by atoms with Crippen molar-refractivity contribution in [2.45, 2.75) is 38.4 Å². The fourth-order valence-electron chi connectivity index (χ4n) is 1.79. The van der Waals surface area contributed by atoms with Crippen molar-refractivity contribution in [2.24, 2.45) is 11.1 Å². The highest BCUT2D eigenvalue weighted by molar-refractivity contribution is 7.89. The summed E-state index contributed by atoms with van der Waals surface area (Å²) in [6.07, 6.45) is 2.41. The molecule has 2 N–H and O–H groups in total. The lowest BCUT2D eigenvalue weighted by atomic mass is 10.0. The van der Waals surface area contributed by atoms with E-state index in [2.05, 4.69) is 0 Å². The van der Waals surface area contributed by atoms with Gasteiger partial charge in [0.2, 0.25) is 5.91 Å². The molecule has 0 aliphatic carbocycles. The molecule has 5 heteroatoms. The summed E-state index contributed by atoms with van der Waals surface area (Å²) in [4.78, 5) is 13.7. The van der Waals surface area contributed by atoms with Crippen LogP contribution in [0, 0.1) is 5.92 Å². The topological polar surface area (TPSA) is 69.4 Å². The van der Waals surface area contributed by atoms with Crippen LogP contribution in [0.15, 0.2) is 0 Å². The predicted molar refractivity (Wildman–Crippen MR) is 61.4 cm³/mol. The molecule has 0 aromatic carbocycles. The first kappa shape index (κ1) is 12.8. The molecule has 88 valence electrons. The van der Waals surface area contributed by atoms with Gasteiger partial charge in [-0.25, -0.2) is 0 Å². The predicted octanol–water partition coefficient (Wildman–Crippen LogP) is 0.646. The largest absolute Gasteiger partial charge is 0.598 e. The third-order valence-corrected chi connectivity index (χ3v) is 4.24. The number of hydrogen-bond acceptors (Lipinski definition) is 3. The summed E-state index contributed by atoms with van der Waals surface area (Å²) in [5, 5.41) is 5.42. The highest BCUT2D eigenvalue weighted by Gasteiger charge is 2.29. The Morgan fingerprint density at radius 2 is 2.13 bits per heavy atom. The second kappa shape index (κ2) is 5.72. The van der Waals surface area contributed by atoms with Crippen molar-refractivity contribution in [2.75, 3.05) is 13.1 Å². The molecular formula is C10H20N2O2S. The van der Waals surface area contributed by atoms with Gasteiger partial charge in [-0.05, 0) is 6.42 Å². The molecule has 1 aliphatic heterocycles. The molecule has 0 aromatic heterocycles. The zero-order chi connectivity index (χ0) is 11.4. The molecule has 4 nitrogen and oxygen atoms in total. The second-order valence-corrected chi connectivity index (χ2v) is 5.49. The maximum Gasteiger partial charge on any atom is 0.225 e. The summed E-state index contributed by atoms with van der Waals surface area (Å²) < 4.78 is 11.1. The minimum Gasteiger partial charge on any atom is -0.598 e. The van der Waals surface area contributed by atoms with Crippen LogP contribution in [0.5, 0.6) is 0 Å². The van der Waals surface area contributed by atoms with Crippen molar-refractivity contribution < 1.29 is 9.35 Å². The van der Waals surface area contributed by atoms with E-state index < -0.39 is 11.4 Å². The van der Waals surface area contributed by atoms with Gasteiger partial charge >= 0.3 is 0 Å². The smallest absolute Gasteiger partial charge is 0.225 e. The average molecular weight is 232 g/mol. The molecule has 1 aliphatic rings. The van der Waals surface area contributed by atoms with Crippen LogP contribution in [0.25, 0.3) is 0 Å². The van der Waals surface area contributed by atoms with E-state index in [9.17, 15) is 9.35 Å². The van der Waals surface area contributed by atoms with Crippen molar-refractivity contribution in [3.8, 4) is 0 Å². The summed E-state index contributed by atoms with van der Waals surface area (Å²) in [5.41, 5.74) is 0. The minimum absolute atomic E-state index is 0.0750.